The standard InChI is InChI=1S/C19H16N8/c1-2-15(9-16-14(1)10-24-26-16)27-12-23-17-11-22-19(25-18(17)27)21-8-5-13-3-6-20-7-4-13/h1-4,6-7,9-12H,5,8H2,(H,24,26)(H,21,22,25). The number of rotatable bonds is 5. The summed E-state index contributed by atoms with van der Waals surface area (Å²) in [5.74, 6) is 0.584. The molecular formula is C19H16N8. The molecule has 0 atom stereocenters. The van der Waals surface area contributed by atoms with Crippen LogP contribution in [0.4, 0.5) is 5.95 Å². The molecule has 5 rings (SSSR count). The molecule has 0 spiro atoms. The van der Waals surface area contributed by atoms with Crippen LogP contribution in [0.25, 0.3) is 27.8 Å². The lowest BCUT2D eigenvalue weighted by Gasteiger charge is -2.07. The van der Waals surface area contributed by atoms with Gasteiger partial charge in [0.1, 0.15) is 11.8 Å². The minimum Gasteiger partial charge on any atom is -0.354 e. The molecule has 5 aromatic rings. The second kappa shape index (κ2) is 6.49. The lowest BCUT2D eigenvalue weighted by atomic mass is 10.2. The van der Waals surface area contributed by atoms with Crippen molar-refractivity contribution in [3.05, 3.63) is 67.0 Å². The van der Waals surface area contributed by atoms with Crippen molar-refractivity contribution in [3.63, 3.8) is 0 Å². The van der Waals surface area contributed by atoms with Gasteiger partial charge < -0.3 is 5.32 Å². The molecule has 27 heavy (non-hydrogen) atoms. The largest absolute Gasteiger partial charge is 0.354 e. The van der Waals surface area contributed by atoms with E-state index in [4.69, 9.17) is 0 Å². The third-order valence-corrected chi connectivity index (χ3v) is 4.44. The van der Waals surface area contributed by atoms with Crippen LogP contribution in [0.5, 0.6) is 0 Å². The number of imidazole rings is 1. The van der Waals surface area contributed by atoms with Crippen molar-refractivity contribution < 1.29 is 0 Å². The topological polar surface area (TPSA) is 97.2 Å². The van der Waals surface area contributed by atoms with Crippen molar-refractivity contribution in [2.75, 3.05) is 11.9 Å². The van der Waals surface area contributed by atoms with Gasteiger partial charge in [-0.1, -0.05) is 0 Å². The van der Waals surface area contributed by atoms with E-state index in [1.165, 1.54) is 5.56 Å². The molecule has 0 aliphatic heterocycles. The van der Waals surface area contributed by atoms with Crippen LogP contribution in [-0.4, -0.2) is 41.2 Å². The number of aromatic amines is 1. The third kappa shape index (κ3) is 2.97. The molecular weight excluding hydrogens is 340 g/mol. The number of aromatic nitrogens is 7. The SMILES string of the molecule is c1cc(CCNc2ncc3ncn(-c4ccc5cn[nH]c5c4)c3n2)ccn1. The predicted octanol–water partition coefficient (Wildman–Crippen LogP) is 2.74. The lowest BCUT2D eigenvalue weighted by molar-refractivity contribution is 0.979. The first kappa shape index (κ1) is 15.4. The molecule has 132 valence electrons. The number of hydrogen-bond acceptors (Lipinski definition) is 6. The van der Waals surface area contributed by atoms with Gasteiger partial charge in [0.15, 0.2) is 5.65 Å². The van der Waals surface area contributed by atoms with Crippen LogP contribution in [0.1, 0.15) is 5.56 Å². The zero-order valence-corrected chi connectivity index (χ0v) is 14.4. The summed E-state index contributed by atoms with van der Waals surface area (Å²) in [5, 5.41) is 11.4. The first-order valence-corrected chi connectivity index (χ1v) is 8.63. The number of nitrogens with one attached hydrogen (secondary N) is 2. The highest BCUT2D eigenvalue weighted by atomic mass is 15.2. The van der Waals surface area contributed by atoms with Crippen molar-refractivity contribution >= 4 is 28.0 Å². The monoisotopic (exact) mass is 356 g/mol. The van der Waals surface area contributed by atoms with Gasteiger partial charge in [0.05, 0.1) is 23.6 Å². The summed E-state index contributed by atoms with van der Waals surface area (Å²) in [7, 11) is 0. The van der Waals surface area contributed by atoms with Gasteiger partial charge in [-0.25, -0.2) is 9.97 Å². The molecule has 4 heterocycles. The molecule has 1 aromatic carbocycles. The smallest absolute Gasteiger partial charge is 0.224 e. The molecule has 0 radical (unpaired) electrons. The molecule has 0 saturated carbocycles. The maximum atomic E-state index is 4.65. The fourth-order valence-electron chi connectivity index (χ4n) is 3.03. The number of H-pyrrole nitrogens is 1. The summed E-state index contributed by atoms with van der Waals surface area (Å²) in [4.78, 5) is 17.5. The van der Waals surface area contributed by atoms with Gasteiger partial charge in [-0.2, -0.15) is 10.1 Å². The molecule has 2 N–H and O–H groups in total. The fraction of sp³-hybridized carbons (Fsp3) is 0.105. The number of fused-ring (bicyclic) bond motifs is 2. The van der Waals surface area contributed by atoms with E-state index in [0.717, 1.165) is 40.7 Å². The van der Waals surface area contributed by atoms with Gasteiger partial charge in [-0.15, -0.1) is 0 Å². The highest BCUT2D eigenvalue weighted by Crippen LogP contribution is 2.20. The Morgan fingerprint density at radius 1 is 1.04 bits per heavy atom. The number of pyridine rings is 1. The van der Waals surface area contributed by atoms with Crippen molar-refractivity contribution in [1.29, 1.82) is 0 Å². The Hall–Kier alpha value is -3.81. The lowest BCUT2D eigenvalue weighted by Crippen LogP contribution is -2.08. The molecule has 0 aliphatic carbocycles. The Morgan fingerprint density at radius 3 is 2.89 bits per heavy atom. The summed E-state index contributed by atoms with van der Waals surface area (Å²) in [6.07, 6.45) is 9.78. The van der Waals surface area contributed by atoms with E-state index >= 15 is 0 Å². The van der Waals surface area contributed by atoms with Gasteiger partial charge in [-0.05, 0) is 42.3 Å². The van der Waals surface area contributed by atoms with Crippen LogP contribution >= 0.6 is 0 Å². The maximum absolute atomic E-state index is 4.65. The molecule has 0 aliphatic rings. The van der Waals surface area contributed by atoms with E-state index < -0.39 is 0 Å². The number of anilines is 1. The average molecular weight is 356 g/mol. The van der Waals surface area contributed by atoms with Gasteiger partial charge in [-0.3, -0.25) is 14.6 Å². The molecule has 0 unspecified atom stereocenters. The molecule has 4 aromatic heterocycles. The van der Waals surface area contributed by atoms with Crippen LogP contribution < -0.4 is 5.32 Å². The van der Waals surface area contributed by atoms with Gasteiger partial charge >= 0.3 is 0 Å². The van der Waals surface area contributed by atoms with Crippen LogP contribution in [0.15, 0.2) is 61.4 Å². The Balaban J connectivity index is 1.42. The quantitative estimate of drug-likeness (QED) is 0.502. The van der Waals surface area contributed by atoms with Crippen LogP contribution in [-0.2, 0) is 6.42 Å². The van der Waals surface area contributed by atoms with Crippen molar-refractivity contribution in [2.45, 2.75) is 6.42 Å². The molecule has 0 fully saturated rings. The van der Waals surface area contributed by atoms with Gasteiger partial charge in [0.2, 0.25) is 5.95 Å². The fourth-order valence-corrected chi connectivity index (χ4v) is 3.03. The first-order chi connectivity index (χ1) is 13.4. The van der Waals surface area contributed by atoms with Crippen molar-refractivity contribution in [1.82, 2.24) is 34.7 Å². The summed E-state index contributed by atoms with van der Waals surface area (Å²) >= 11 is 0. The van der Waals surface area contributed by atoms with E-state index in [1.807, 2.05) is 34.9 Å². The van der Waals surface area contributed by atoms with E-state index in [2.05, 4.69) is 35.5 Å². The van der Waals surface area contributed by atoms with E-state index in [9.17, 15) is 0 Å². The summed E-state index contributed by atoms with van der Waals surface area (Å²) in [6, 6.07) is 10.1. The Morgan fingerprint density at radius 2 is 1.96 bits per heavy atom. The predicted molar refractivity (Wildman–Crippen MR) is 103 cm³/mol. The number of benzene rings is 1. The van der Waals surface area contributed by atoms with E-state index in [1.54, 1.807) is 31.1 Å². The third-order valence-electron chi connectivity index (χ3n) is 4.44. The number of hydrogen-bond donors (Lipinski definition) is 2. The molecule has 0 amide bonds. The number of nitrogens with zero attached hydrogens (tertiary/aromatic N) is 6. The van der Waals surface area contributed by atoms with Crippen LogP contribution in [0.2, 0.25) is 0 Å². The second-order valence-electron chi connectivity index (χ2n) is 6.19. The van der Waals surface area contributed by atoms with Crippen molar-refractivity contribution in [3.8, 4) is 5.69 Å². The van der Waals surface area contributed by atoms with Crippen molar-refractivity contribution in [2.24, 2.45) is 0 Å². The Bertz CT molecular complexity index is 1210. The second-order valence-corrected chi connectivity index (χ2v) is 6.19. The molecule has 0 saturated heterocycles. The van der Waals surface area contributed by atoms with Gasteiger partial charge in [0.25, 0.3) is 0 Å². The molecule has 8 heteroatoms. The summed E-state index contributed by atoms with van der Waals surface area (Å²) in [5.41, 5.74) is 4.67. The summed E-state index contributed by atoms with van der Waals surface area (Å²) < 4.78 is 1.95. The molecule has 0 bridgehead atoms. The Kier molecular flexibility index (Phi) is 3.71. The Labute approximate surface area is 154 Å². The average Bonchev–Trinajstić information content (AvgIpc) is 3.34. The van der Waals surface area contributed by atoms with Crippen LogP contribution in [0, 0.1) is 0 Å². The maximum Gasteiger partial charge on any atom is 0.224 e. The minimum absolute atomic E-state index is 0.584. The minimum atomic E-state index is 0.584. The normalized spacial score (nSPS) is 11.3. The van der Waals surface area contributed by atoms with E-state index in [0.29, 0.717) is 5.95 Å². The zero-order chi connectivity index (χ0) is 18.1. The zero-order valence-electron chi connectivity index (χ0n) is 14.4. The van der Waals surface area contributed by atoms with Crippen LogP contribution in [0.3, 0.4) is 0 Å². The highest BCUT2D eigenvalue weighted by Gasteiger charge is 2.09. The van der Waals surface area contributed by atoms with E-state index in [-0.39, 0.29) is 0 Å². The van der Waals surface area contributed by atoms with Gasteiger partial charge in [0, 0.05) is 24.3 Å². The summed E-state index contributed by atoms with van der Waals surface area (Å²) in [6.45, 7) is 0.740. The first-order valence-electron chi connectivity index (χ1n) is 8.63. The molecule has 8 nitrogen and oxygen atoms in total. The highest BCUT2D eigenvalue weighted by molar-refractivity contribution is 5.81.